The summed E-state index contributed by atoms with van der Waals surface area (Å²) < 4.78 is 35.1. The normalized spacial score (nSPS) is 11.5. The number of hydrazone groups is 1. The Labute approximate surface area is 161 Å². The maximum atomic E-state index is 12.4. The van der Waals surface area contributed by atoms with Crippen LogP contribution in [-0.2, 0) is 10.0 Å². The number of hydrogen-bond donors (Lipinski definition) is 2. The van der Waals surface area contributed by atoms with Crippen molar-refractivity contribution in [2.45, 2.75) is 11.8 Å². The Morgan fingerprint density at radius 3 is 2.62 bits per heavy atom. The van der Waals surface area contributed by atoms with Gasteiger partial charge in [0.2, 0.25) is 0 Å². The Hall–Kier alpha value is -2.16. The Balaban J connectivity index is 2.26. The lowest BCUT2D eigenvalue weighted by molar-refractivity contribution is 0.318. The molecule has 0 fully saturated rings. The van der Waals surface area contributed by atoms with Gasteiger partial charge in [-0.1, -0.05) is 23.2 Å². The highest BCUT2D eigenvalue weighted by molar-refractivity contribution is 7.89. The Morgan fingerprint density at radius 2 is 1.96 bits per heavy atom. The van der Waals surface area contributed by atoms with Gasteiger partial charge in [-0.05, 0) is 42.8 Å². The van der Waals surface area contributed by atoms with E-state index in [2.05, 4.69) is 9.93 Å². The second-order valence-electron chi connectivity index (χ2n) is 4.93. The van der Waals surface area contributed by atoms with Crippen LogP contribution in [0.5, 0.6) is 17.2 Å². The third-order valence-electron chi connectivity index (χ3n) is 3.15. The largest absolute Gasteiger partial charge is 0.503 e. The highest BCUT2D eigenvalue weighted by atomic mass is 35.5. The van der Waals surface area contributed by atoms with Crippen molar-refractivity contribution in [1.29, 1.82) is 0 Å². The minimum absolute atomic E-state index is 0.0526. The number of nitrogens with one attached hydrogen (secondary N) is 1. The zero-order valence-electron chi connectivity index (χ0n) is 13.9. The van der Waals surface area contributed by atoms with Crippen LogP contribution in [0.1, 0.15) is 12.5 Å². The molecule has 2 aromatic carbocycles. The molecule has 0 amide bonds. The van der Waals surface area contributed by atoms with Gasteiger partial charge in [0, 0.05) is 5.02 Å². The predicted octanol–water partition coefficient (Wildman–Crippen LogP) is 3.42. The number of nitrogens with zero attached hydrogens (tertiary/aromatic N) is 1. The van der Waals surface area contributed by atoms with Crippen LogP contribution in [0.4, 0.5) is 0 Å². The van der Waals surface area contributed by atoms with Crippen molar-refractivity contribution in [2.75, 3.05) is 13.7 Å². The van der Waals surface area contributed by atoms with E-state index in [4.69, 9.17) is 32.7 Å². The molecule has 0 radical (unpaired) electrons. The molecule has 0 bridgehead atoms. The van der Waals surface area contributed by atoms with E-state index >= 15 is 0 Å². The summed E-state index contributed by atoms with van der Waals surface area (Å²) in [6.45, 7) is 2.08. The highest BCUT2D eigenvalue weighted by Crippen LogP contribution is 2.34. The summed E-state index contributed by atoms with van der Waals surface area (Å²) in [4.78, 5) is 1.92. The summed E-state index contributed by atoms with van der Waals surface area (Å²) in [5.41, 5.74) is 0.428. The highest BCUT2D eigenvalue weighted by Gasteiger charge is 2.19. The van der Waals surface area contributed by atoms with Gasteiger partial charge in [-0.3, -0.25) is 0 Å². The molecule has 0 atom stereocenters. The predicted molar refractivity (Wildman–Crippen MR) is 100 cm³/mol. The number of rotatable bonds is 7. The molecule has 0 aliphatic heterocycles. The first-order valence-electron chi connectivity index (χ1n) is 7.32. The molecule has 2 rings (SSSR count). The van der Waals surface area contributed by atoms with Gasteiger partial charge in [-0.15, -0.1) is 0 Å². The monoisotopic (exact) mass is 418 g/mol. The average Bonchev–Trinajstić information content (AvgIpc) is 2.59. The van der Waals surface area contributed by atoms with Crippen molar-refractivity contribution in [3.63, 3.8) is 0 Å². The van der Waals surface area contributed by atoms with Crippen molar-refractivity contribution in [3.8, 4) is 17.2 Å². The average molecular weight is 419 g/mol. The fourth-order valence-electron chi connectivity index (χ4n) is 2.01. The van der Waals surface area contributed by atoms with Crippen LogP contribution in [0.25, 0.3) is 0 Å². The fraction of sp³-hybridized carbons (Fsp3) is 0.188. The molecule has 0 saturated heterocycles. The van der Waals surface area contributed by atoms with Crippen LogP contribution in [0.3, 0.4) is 0 Å². The van der Waals surface area contributed by atoms with Crippen LogP contribution < -0.4 is 14.3 Å². The first kappa shape index (κ1) is 20.2. The summed E-state index contributed by atoms with van der Waals surface area (Å²) >= 11 is 11.8. The number of ether oxygens (including phenoxy) is 2. The number of benzene rings is 2. The minimum Gasteiger partial charge on any atom is -0.503 e. The molecular formula is C16H16Cl2N2O5S. The lowest BCUT2D eigenvalue weighted by Crippen LogP contribution is -2.19. The molecule has 0 unspecified atom stereocenters. The molecule has 2 N–H and O–H groups in total. The van der Waals surface area contributed by atoms with E-state index in [1.165, 1.54) is 43.7 Å². The first-order valence-corrected chi connectivity index (χ1v) is 9.56. The van der Waals surface area contributed by atoms with Gasteiger partial charge >= 0.3 is 0 Å². The van der Waals surface area contributed by atoms with E-state index in [0.717, 1.165) is 0 Å². The van der Waals surface area contributed by atoms with Crippen LogP contribution >= 0.6 is 23.2 Å². The first-order chi connectivity index (χ1) is 12.3. The molecule has 26 heavy (non-hydrogen) atoms. The van der Waals surface area contributed by atoms with Crippen molar-refractivity contribution in [2.24, 2.45) is 5.10 Å². The third kappa shape index (κ3) is 4.72. The Kier molecular flexibility index (Phi) is 6.57. The van der Waals surface area contributed by atoms with E-state index in [1.54, 1.807) is 6.92 Å². The van der Waals surface area contributed by atoms with E-state index in [1.807, 2.05) is 0 Å². The molecule has 0 heterocycles. The number of phenolic OH excluding ortho intramolecular Hbond substituents is 1. The second-order valence-corrected chi connectivity index (χ2v) is 7.40. The molecule has 0 aromatic heterocycles. The lowest BCUT2D eigenvalue weighted by Gasteiger charge is -2.09. The maximum Gasteiger partial charge on any atom is 0.280 e. The van der Waals surface area contributed by atoms with Gasteiger partial charge < -0.3 is 14.6 Å². The van der Waals surface area contributed by atoms with Crippen molar-refractivity contribution < 1.29 is 23.0 Å². The van der Waals surface area contributed by atoms with Crippen molar-refractivity contribution in [3.05, 3.63) is 45.9 Å². The Bertz CT molecular complexity index is 932. The van der Waals surface area contributed by atoms with Gasteiger partial charge in [0.1, 0.15) is 10.6 Å². The minimum atomic E-state index is -4.01. The zero-order valence-corrected chi connectivity index (χ0v) is 16.2. The fourth-order valence-corrected chi connectivity index (χ4v) is 3.46. The number of methoxy groups -OCH3 is 1. The van der Waals surface area contributed by atoms with Gasteiger partial charge in [0.15, 0.2) is 11.5 Å². The van der Waals surface area contributed by atoms with Gasteiger partial charge in [-0.2, -0.15) is 18.4 Å². The zero-order chi connectivity index (χ0) is 19.3. The molecular weight excluding hydrogens is 403 g/mol. The van der Waals surface area contributed by atoms with Crippen molar-refractivity contribution >= 4 is 39.4 Å². The van der Waals surface area contributed by atoms with Crippen LogP contribution in [-0.4, -0.2) is 33.5 Å². The summed E-state index contributed by atoms with van der Waals surface area (Å²) in [6.07, 6.45) is 1.22. The topological polar surface area (TPSA) is 97.2 Å². The summed E-state index contributed by atoms with van der Waals surface area (Å²) in [5, 5.41) is 13.8. The van der Waals surface area contributed by atoms with Gasteiger partial charge in [-0.25, -0.2) is 0 Å². The molecule has 0 aliphatic carbocycles. The summed E-state index contributed by atoms with van der Waals surface area (Å²) in [5.74, 6) is 0.0964. The molecule has 7 nitrogen and oxygen atoms in total. The van der Waals surface area contributed by atoms with Gasteiger partial charge in [0.05, 0.1) is 25.0 Å². The molecule has 0 aliphatic rings. The molecule has 10 heteroatoms. The SMILES string of the molecule is CCOc1cc(/C=N/NS(=O)(=O)c2cc(Cl)ccc2OC)cc(Cl)c1O. The van der Waals surface area contributed by atoms with E-state index in [0.29, 0.717) is 12.2 Å². The number of phenols is 1. The summed E-state index contributed by atoms with van der Waals surface area (Å²) in [7, 11) is -2.66. The number of aromatic hydroxyl groups is 1. The van der Waals surface area contributed by atoms with Crippen molar-refractivity contribution in [1.82, 2.24) is 4.83 Å². The van der Waals surface area contributed by atoms with E-state index in [-0.39, 0.29) is 32.2 Å². The standard InChI is InChI=1S/C16H16Cl2N2O5S/c1-3-25-14-7-10(6-12(18)16(14)21)9-19-20-26(22,23)15-8-11(17)4-5-13(15)24-2/h4-9,20-21H,3H2,1-2H3/b19-9+. The van der Waals surface area contributed by atoms with Crippen LogP contribution in [0, 0.1) is 0 Å². The van der Waals surface area contributed by atoms with Crippen LogP contribution in [0.2, 0.25) is 10.0 Å². The lowest BCUT2D eigenvalue weighted by atomic mass is 10.2. The van der Waals surface area contributed by atoms with E-state index < -0.39 is 10.0 Å². The molecule has 0 saturated carbocycles. The number of hydrogen-bond acceptors (Lipinski definition) is 6. The maximum absolute atomic E-state index is 12.4. The smallest absolute Gasteiger partial charge is 0.280 e. The number of sulfonamides is 1. The molecule has 2 aromatic rings. The molecule has 0 spiro atoms. The molecule has 140 valence electrons. The Morgan fingerprint density at radius 1 is 1.23 bits per heavy atom. The van der Waals surface area contributed by atoms with Gasteiger partial charge in [0.25, 0.3) is 10.0 Å². The second kappa shape index (κ2) is 8.48. The quantitative estimate of drug-likeness (QED) is 0.530. The third-order valence-corrected chi connectivity index (χ3v) is 4.92. The van der Waals surface area contributed by atoms with E-state index in [9.17, 15) is 13.5 Å². The summed E-state index contributed by atoms with van der Waals surface area (Å²) in [6, 6.07) is 7.09. The number of halogens is 2. The van der Waals surface area contributed by atoms with Crippen LogP contribution in [0.15, 0.2) is 40.3 Å².